The highest BCUT2D eigenvalue weighted by molar-refractivity contribution is 6.34. The molecule has 0 aliphatic rings. The zero-order valence-electron chi connectivity index (χ0n) is 16.2. The van der Waals surface area contributed by atoms with E-state index in [-0.39, 0.29) is 39.0 Å². The lowest BCUT2D eigenvalue weighted by Gasteiger charge is -2.13. The van der Waals surface area contributed by atoms with Crippen molar-refractivity contribution in [1.29, 1.82) is 5.26 Å². The number of benzene rings is 3. The van der Waals surface area contributed by atoms with Crippen molar-refractivity contribution in [2.45, 2.75) is 6.92 Å². The van der Waals surface area contributed by atoms with Gasteiger partial charge >= 0.3 is 0 Å². The smallest absolute Gasteiger partial charge is 0.256 e. The number of phenols is 1. The van der Waals surface area contributed by atoms with E-state index in [0.717, 1.165) is 5.56 Å². The molecule has 3 aromatic rings. The summed E-state index contributed by atoms with van der Waals surface area (Å²) in [5, 5.41) is 24.7. The normalized spacial score (nSPS) is 9.94. The van der Waals surface area contributed by atoms with Crippen LogP contribution in [0.15, 0.2) is 54.6 Å². The van der Waals surface area contributed by atoms with Crippen LogP contribution in [-0.4, -0.2) is 16.9 Å². The Kier molecular flexibility index (Phi) is 6.21. The first kappa shape index (κ1) is 21.4. The van der Waals surface area contributed by atoms with Crippen LogP contribution in [0.3, 0.4) is 0 Å². The lowest BCUT2D eigenvalue weighted by atomic mass is 10.1. The molecule has 0 unspecified atom stereocenters. The molecule has 0 atom stereocenters. The molecule has 3 rings (SSSR count). The molecule has 0 spiro atoms. The number of aromatic hydroxyl groups is 1. The average molecular weight is 431 g/mol. The second-order valence-electron chi connectivity index (χ2n) is 6.58. The fourth-order valence-corrected chi connectivity index (χ4v) is 2.95. The Hall–Kier alpha value is -4.33. The number of nitrogens with zero attached hydrogens (tertiary/aromatic N) is 2. The van der Waals surface area contributed by atoms with Crippen molar-refractivity contribution in [2.75, 3.05) is 10.6 Å². The van der Waals surface area contributed by atoms with Gasteiger partial charge in [-0.15, -0.1) is 0 Å². The quantitative estimate of drug-likeness (QED) is 0.386. The maximum Gasteiger partial charge on any atom is 0.256 e. The number of anilines is 2. The van der Waals surface area contributed by atoms with Crippen LogP contribution < -0.4 is 10.6 Å². The third-order valence-electron chi connectivity index (χ3n) is 4.39. The van der Waals surface area contributed by atoms with E-state index in [9.17, 15) is 20.0 Å². The van der Waals surface area contributed by atoms with Gasteiger partial charge in [0.25, 0.3) is 11.8 Å². The molecular weight excluding hydrogens is 416 g/mol. The van der Waals surface area contributed by atoms with Gasteiger partial charge in [-0.25, -0.2) is 4.85 Å². The van der Waals surface area contributed by atoms with E-state index in [1.807, 2.05) is 13.0 Å². The molecule has 0 fully saturated rings. The predicted molar refractivity (Wildman–Crippen MR) is 118 cm³/mol. The average Bonchev–Trinajstić information content (AvgIpc) is 2.76. The number of rotatable bonds is 4. The van der Waals surface area contributed by atoms with Crippen molar-refractivity contribution in [3.05, 3.63) is 93.3 Å². The predicted octanol–water partition coefficient (Wildman–Crippen LogP) is 5.28. The Balaban J connectivity index is 1.81. The van der Waals surface area contributed by atoms with Crippen LogP contribution in [0.25, 0.3) is 4.85 Å². The van der Waals surface area contributed by atoms with Crippen LogP contribution in [0.4, 0.5) is 17.1 Å². The number of hydrogen-bond acceptors (Lipinski definition) is 4. The minimum absolute atomic E-state index is 0.0355. The van der Waals surface area contributed by atoms with E-state index in [1.54, 1.807) is 24.3 Å². The van der Waals surface area contributed by atoms with E-state index >= 15 is 0 Å². The van der Waals surface area contributed by atoms with Gasteiger partial charge in [-0.3, -0.25) is 9.59 Å². The second kappa shape index (κ2) is 9.00. The summed E-state index contributed by atoms with van der Waals surface area (Å²) in [6.07, 6.45) is 0. The fourth-order valence-electron chi connectivity index (χ4n) is 2.74. The molecule has 0 aliphatic carbocycles. The van der Waals surface area contributed by atoms with Gasteiger partial charge in [-0.1, -0.05) is 41.4 Å². The summed E-state index contributed by atoms with van der Waals surface area (Å²) in [6, 6.07) is 15.4. The van der Waals surface area contributed by atoms with Crippen molar-refractivity contribution in [2.24, 2.45) is 0 Å². The third-order valence-corrected chi connectivity index (χ3v) is 4.71. The summed E-state index contributed by atoms with van der Waals surface area (Å²) in [5.41, 5.74) is 1.91. The third kappa shape index (κ3) is 4.81. The van der Waals surface area contributed by atoms with Gasteiger partial charge in [0.05, 0.1) is 40.2 Å². The van der Waals surface area contributed by atoms with Crippen LogP contribution in [0, 0.1) is 24.8 Å². The van der Waals surface area contributed by atoms with Crippen molar-refractivity contribution >= 4 is 40.5 Å². The Labute approximate surface area is 183 Å². The van der Waals surface area contributed by atoms with E-state index in [4.69, 9.17) is 18.2 Å². The second-order valence-corrected chi connectivity index (χ2v) is 6.98. The number of carbonyl (C=O) groups is 2. The number of amides is 2. The van der Waals surface area contributed by atoms with Gasteiger partial charge in [-0.05, 0) is 31.2 Å². The van der Waals surface area contributed by atoms with Gasteiger partial charge in [0, 0.05) is 11.6 Å². The van der Waals surface area contributed by atoms with Crippen molar-refractivity contribution in [3.63, 3.8) is 0 Å². The molecule has 7 nitrogen and oxygen atoms in total. The van der Waals surface area contributed by atoms with Crippen LogP contribution in [0.2, 0.25) is 5.02 Å². The first-order valence-corrected chi connectivity index (χ1v) is 9.33. The van der Waals surface area contributed by atoms with Crippen LogP contribution in [0.5, 0.6) is 5.75 Å². The number of nitrogens with one attached hydrogen (secondary N) is 2. The Morgan fingerprint density at radius 2 is 1.71 bits per heavy atom. The summed E-state index contributed by atoms with van der Waals surface area (Å²) in [5.74, 6) is -1.36. The molecule has 0 aliphatic heterocycles. The van der Waals surface area contributed by atoms with Crippen LogP contribution in [-0.2, 0) is 0 Å². The fraction of sp³-hybridized carbons (Fsp3) is 0.0435. The number of aryl methyl sites for hydroxylation is 1. The zero-order valence-corrected chi connectivity index (χ0v) is 17.0. The molecule has 0 heterocycles. The summed E-state index contributed by atoms with van der Waals surface area (Å²) in [4.78, 5) is 28.2. The summed E-state index contributed by atoms with van der Waals surface area (Å²) < 4.78 is 0. The van der Waals surface area contributed by atoms with E-state index in [2.05, 4.69) is 15.5 Å². The minimum Gasteiger partial charge on any atom is -0.506 e. The first-order valence-electron chi connectivity index (χ1n) is 8.96. The van der Waals surface area contributed by atoms with Crippen molar-refractivity contribution in [3.8, 4) is 11.8 Å². The van der Waals surface area contributed by atoms with E-state index < -0.39 is 11.8 Å². The maximum absolute atomic E-state index is 12.6. The standard InChI is InChI=1S/C23H15ClN4O3/c1-13-3-5-14(6-4-13)22(30)28-20-10-18(24)19(11-21(20)29)27-23(31)17-8-7-16(26-2)9-15(17)12-25/h3-11,29H,1H3,(H,27,31)(H,28,30). The maximum atomic E-state index is 12.6. The molecule has 0 bridgehead atoms. The highest BCUT2D eigenvalue weighted by Gasteiger charge is 2.17. The van der Waals surface area contributed by atoms with Gasteiger partial charge in [-0.2, -0.15) is 5.26 Å². The van der Waals surface area contributed by atoms with Gasteiger partial charge in [0.1, 0.15) is 5.75 Å². The molecule has 0 radical (unpaired) electrons. The summed E-state index contributed by atoms with van der Waals surface area (Å²) in [6.45, 7) is 8.90. The Morgan fingerprint density at radius 1 is 1.03 bits per heavy atom. The Bertz CT molecular complexity index is 1270. The first-order chi connectivity index (χ1) is 14.8. The van der Waals surface area contributed by atoms with E-state index in [1.165, 1.54) is 30.3 Å². The summed E-state index contributed by atoms with van der Waals surface area (Å²) >= 11 is 6.22. The molecular formula is C23H15ClN4O3. The number of hydrogen-bond donors (Lipinski definition) is 3. The van der Waals surface area contributed by atoms with Crippen LogP contribution >= 0.6 is 11.6 Å². The summed E-state index contributed by atoms with van der Waals surface area (Å²) in [7, 11) is 0. The lowest BCUT2D eigenvalue weighted by Crippen LogP contribution is -2.15. The zero-order chi connectivity index (χ0) is 22.5. The molecule has 0 saturated heterocycles. The molecule has 0 aromatic heterocycles. The highest BCUT2D eigenvalue weighted by atomic mass is 35.5. The topological polar surface area (TPSA) is 107 Å². The molecule has 31 heavy (non-hydrogen) atoms. The molecule has 8 heteroatoms. The number of nitriles is 1. The number of carbonyl (C=O) groups excluding carboxylic acids is 2. The molecule has 3 N–H and O–H groups in total. The van der Waals surface area contributed by atoms with Gasteiger partial charge in [0.15, 0.2) is 5.69 Å². The van der Waals surface area contributed by atoms with Gasteiger partial charge in [0.2, 0.25) is 0 Å². The largest absolute Gasteiger partial charge is 0.506 e. The molecule has 0 saturated carbocycles. The molecule has 3 aromatic carbocycles. The minimum atomic E-state index is -0.633. The molecule has 152 valence electrons. The van der Waals surface area contributed by atoms with Crippen LogP contribution in [0.1, 0.15) is 31.8 Å². The lowest BCUT2D eigenvalue weighted by molar-refractivity contribution is 0.101. The monoisotopic (exact) mass is 430 g/mol. The molecule has 2 amide bonds. The highest BCUT2D eigenvalue weighted by Crippen LogP contribution is 2.34. The number of phenolic OH excluding ortho intramolecular Hbond substituents is 1. The van der Waals surface area contributed by atoms with Gasteiger partial charge < -0.3 is 15.7 Å². The number of halogens is 1. The van der Waals surface area contributed by atoms with E-state index in [0.29, 0.717) is 5.56 Å². The van der Waals surface area contributed by atoms with Crippen molar-refractivity contribution < 1.29 is 14.7 Å². The van der Waals surface area contributed by atoms with Crippen molar-refractivity contribution in [1.82, 2.24) is 0 Å². The Morgan fingerprint density at radius 3 is 2.35 bits per heavy atom. The SMILES string of the molecule is [C-]#[N+]c1ccc(C(=O)Nc2cc(O)c(NC(=O)c3ccc(C)cc3)cc2Cl)c(C#N)c1.